The van der Waals surface area contributed by atoms with E-state index in [0.29, 0.717) is 0 Å². The second kappa shape index (κ2) is 13.8. The molecular formula is C64H39N3. The van der Waals surface area contributed by atoms with Gasteiger partial charge in [-0.25, -0.2) is 0 Å². The highest BCUT2D eigenvalue weighted by molar-refractivity contribution is 6.28. The lowest BCUT2D eigenvalue weighted by molar-refractivity contribution is 1.16. The molecular weight excluding hydrogens is 811 g/mol. The Morgan fingerprint density at radius 2 is 0.761 bits per heavy atom. The van der Waals surface area contributed by atoms with Crippen LogP contribution in [-0.2, 0) is 0 Å². The summed E-state index contributed by atoms with van der Waals surface area (Å²) < 4.78 is 4.87. The van der Waals surface area contributed by atoms with E-state index in [2.05, 4.69) is 251 Å². The first-order valence-corrected chi connectivity index (χ1v) is 23.2. The Morgan fingerprint density at radius 3 is 1.51 bits per heavy atom. The molecule has 0 spiro atoms. The van der Waals surface area contributed by atoms with Crippen molar-refractivity contribution >= 4 is 125 Å². The van der Waals surface area contributed by atoms with Crippen LogP contribution in [0, 0.1) is 0 Å². The van der Waals surface area contributed by atoms with Crippen molar-refractivity contribution in [3.63, 3.8) is 0 Å². The molecule has 0 N–H and O–H groups in total. The summed E-state index contributed by atoms with van der Waals surface area (Å²) in [6, 6.07) is 87.8. The third-order valence-electron chi connectivity index (χ3n) is 14.6. The third-order valence-corrected chi connectivity index (χ3v) is 14.6. The van der Waals surface area contributed by atoms with Gasteiger partial charge in [-0.05, 0) is 132 Å². The average Bonchev–Trinajstić information content (AvgIpc) is 3.92. The number of aromatic nitrogens is 2. The second-order valence-corrected chi connectivity index (χ2v) is 18.0. The number of nitrogens with zero attached hydrogens (tertiary/aromatic N) is 3. The van der Waals surface area contributed by atoms with Crippen LogP contribution in [0.1, 0.15) is 0 Å². The Bertz CT molecular complexity index is 4470. The second-order valence-electron chi connectivity index (χ2n) is 18.0. The number of fused-ring (bicyclic) bond motifs is 12. The molecule has 15 aromatic rings. The number of hydrogen-bond donors (Lipinski definition) is 0. The summed E-state index contributed by atoms with van der Waals surface area (Å²) in [5.74, 6) is 0. The molecule has 0 saturated heterocycles. The molecule has 2 aromatic heterocycles. The van der Waals surface area contributed by atoms with Gasteiger partial charge in [0.2, 0.25) is 0 Å². The van der Waals surface area contributed by atoms with Crippen LogP contribution >= 0.6 is 0 Å². The standard InChI is InChI=1S/C64H39N3/c1-2-16-43(17-3-1)65-56-24-10-8-22-51(56)55-39-45(33-37-59(55)65)66-57-25-11-9-23-52(57)64-60(66)26-13-27-61(64)67(58-36-31-42-29-28-40-14-12-15-41-30-34-53(58)63(42)62(40)41)44-32-35-50-48-20-5-4-18-46(48)47-19-6-7-21-49(47)54(50)38-44/h1-39H. The summed E-state index contributed by atoms with van der Waals surface area (Å²) in [6.07, 6.45) is 0. The van der Waals surface area contributed by atoms with Crippen molar-refractivity contribution in [3.8, 4) is 11.4 Å². The molecule has 0 saturated carbocycles. The highest BCUT2D eigenvalue weighted by atomic mass is 15.1. The maximum absolute atomic E-state index is 2.55. The minimum absolute atomic E-state index is 1.11. The van der Waals surface area contributed by atoms with E-state index in [4.69, 9.17) is 0 Å². The van der Waals surface area contributed by atoms with E-state index < -0.39 is 0 Å². The van der Waals surface area contributed by atoms with Crippen LogP contribution in [0.2, 0.25) is 0 Å². The summed E-state index contributed by atoms with van der Waals surface area (Å²) in [5.41, 5.74) is 10.4. The first-order valence-electron chi connectivity index (χ1n) is 23.2. The first kappa shape index (κ1) is 36.4. The zero-order chi connectivity index (χ0) is 43.7. The number of anilines is 3. The lowest BCUT2D eigenvalue weighted by Gasteiger charge is -2.29. The number of hydrogen-bond acceptors (Lipinski definition) is 1. The largest absolute Gasteiger partial charge is 0.309 e. The van der Waals surface area contributed by atoms with Gasteiger partial charge in [0.25, 0.3) is 0 Å². The van der Waals surface area contributed by atoms with E-state index in [1.807, 2.05) is 0 Å². The Labute approximate surface area is 385 Å². The minimum Gasteiger partial charge on any atom is -0.309 e. The Balaban J connectivity index is 1.04. The van der Waals surface area contributed by atoms with E-state index in [1.165, 1.54) is 103 Å². The highest BCUT2D eigenvalue weighted by Gasteiger charge is 2.25. The molecule has 0 amide bonds. The zero-order valence-corrected chi connectivity index (χ0v) is 36.4. The van der Waals surface area contributed by atoms with Crippen LogP contribution in [0.15, 0.2) is 237 Å². The van der Waals surface area contributed by atoms with E-state index >= 15 is 0 Å². The maximum Gasteiger partial charge on any atom is 0.0562 e. The third kappa shape index (κ3) is 5.11. The molecule has 0 radical (unpaired) electrons. The van der Waals surface area contributed by atoms with Crippen LogP contribution in [0.5, 0.6) is 0 Å². The van der Waals surface area contributed by atoms with Gasteiger partial charge in [-0.2, -0.15) is 0 Å². The molecule has 0 aliphatic heterocycles. The summed E-state index contributed by atoms with van der Waals surface area (Å²) in [4.78, 5) is 2.55. The molecule has 0 atom stereocenters. The predicted molar refractivity (Wildman–Crippen MR) is 286 cm³/mol. The van der Waals surface area contributed by atoms with Crippen LogP contribution in [-0.4, -0.2) is 9.13 Å². The van der Waals surface area contributed by atoms with E-state index in [-0.39, 0.29) is 0 Å². The normalized spacial score (nSPS) is 12.2. The average molecular weight is 850 g/mol. The Kier molecular flexibility index (Phi) is 7.50. The molecule has 0 unspecified atom stereocenters. The fourth-order valence-corrected chi connectivity index (χ4v) is 11.8. The first-order chi connectivity index (χ1) is 33.3. The van der Waals surface area contributed by atoms with E-state index in [0.717, 1.165) is 34.0 Å². The molecule has 3 heteroatoms. The van der Waals surface area contributed by atoms with Crippen LogP contribution in [0.3, 0.4) is 0 Å². The molecule has 0 aliphatic carbocycles. The molecule has 15 rings (SSSR count). The fourth-order valence-electron chi connectivity index (χ4n) is 11.8. The van der Waals surface area contributed by atoms with Gasteiger partial charge in [0.05, 0.1) is 33.4 Å². The zero-order valence-electron chi connectivity index (χ0n) is 36.4. The van der Waals surface area contributed by atoms with Crippen LogP contribution < -0.4 is 4.90 Å². The summed E-state index contributed by atoms with van der Waals surface area (Å²) in [7, 11) is 0. The van der Waals surface area contributed by atoms with Gasteiger partial charge >= 0.3 is 0 Å². The summed E-state index contributed by atoms with van der Waals surface area (Å²) in [5, 5.41) is 20.1. The summed E-state index contributed by atoms with van der Waals surface area (Å²) in [6.45, 7) is 0. The van der Waals surface area contributed by atoms with Crippen LogP contribution in [0.25, 0.3) is 120 Å². The highest BCUT2D eigenvalue weighted by Crippen LogP contribution is 2.49. The molecule has 13 aromatic carbocycles. The molecule has 2 heterocycles. The van der Waals surface area contributed by atoms with Crippen molar-refractivity contribution in [3.05, 3.63) is 237 Å². The van der Waals surface area contributed by atoms with Gasteiger partial charge < -0.3 is 14.0 Å². The number of para-hydroxylation sites is 3. The molecule has 0 fully saturated rings. The smallest absolute Gasteiger partial charge is 0.0562 e. The molecule has 310 valence electrons. The SMILES string of the molecule is c1ccc(-n2c3ccccc3c3cc(-n4c5ccccc5c5c(N(c6ccc7c8ccccc8c8ccccc8c7c6)c6ccc7ccc8cccc9ccc6c7c89)cccc54)ccc32)cc1. The van der Waals surface area contributed by atoms with Gasteiger partial charge in [0, 0.05) is 44.0 Å². The topological polar surface area (TPSA) is 13.1 Å². The Morgan fingerprint density at radius 1 is 0.239 bits per heavy atom. The lowest BCUT2D eigenvalue weighted by atomic mass is 9.92. The monoisotopic (exact) mass is 849 g/mol. The summed E-state index contributed by atoms with van der Waals surface area (Å²) >= 11 is 0. The van der Waals surface area contributed by atoms with Crippen molar-refractivity contribution in [2.24, 2.45) is 0 Å². The number of rotatable bonds is 5. The van der Waals surface area contributed by atoms with Crippen molar-refractivity contribution < 1.29 is 0 Å². The van der Waals surface area contributed by atoms with Gasteiger partial charge in [-0.1, -0.05) is 164 Å². The number of benzene rings is 13. The minimum atomic E-state index is 1.11. The van der Waals surface area contributed by atoms with Crippen molar-refractivity contribution in [1.82, 2.24) is 9.13 Å². The quantitative estimate of drug-likeness (QED) is 0.157. The van der Waals surface area contributed by atoms with Gasteiger partial charge in [0.1, 0.15) is 0 Å². The lowest BCUT2D eigenvalue weighted by Crippen LogP contribution is -2.11. The van der Waals surface area contributed by atoms with E-state index in [1.54, 1.807) is 0 Å². The molecule has 3 nitrogen and oxygen atoms in total. The van der Waals surface area contributed by atoms with Crippen molar-refractivity contribution in [2.75, 3.05) is 4.90 Å². The maximum atomic E-state index is 2.55. The molecule has 0 aliphatic rings. The Hall–Kier alpha value is -8.92. The van der Waals surface area contributed by atoms with Gasteiger partial charge in [0.15, 0.2) is 0 Å². The van der Waals surface area contributed by atoms with Crippen LogP contribution in [0.4, 0.5) is 17.1 Å². The van der Waals surface area contributed by atoms with E-state index in [9.17, 15) is 0 Å². The molecule has 67 heavy (non-hydrogen) atoms. The van der Waals surface area contributed by atoms with Gasteiger partial charge in [-0.15, -0.1) is 0 Å². The van der Waals surface area contributed by atoms with Crippen molar-refractivity contribution in [2.45, 2.75) is 0 Å². The predicted octanol–water partition coefficient (Wildman–Crippen LogP) is 17.7. The molecule has 0 bridgehead atoms. The fraction of sp³-hybridized carbons (Fsp3) is 0. The van der Waals surface area contributed by atoms with Crippen molar-refractivity contribution in [1.29, 1.82) is 0 Å². The van der Waals surface area contributed by atoms with Gasteiger partial charge in [-0.3, -0.25) is 0 Å².